The molecule has 0 saturated heterocycles. The van der Waals surface area contributed by atoms with Gasteiger partial charge in [-0.15, -0.1) is 0 Å². The van der Waals surface area contributed by atoms with Gasteiger partial charge in [0, 0.05) is 23.8 Å². The molecule has 0 aliphatic rings. The SMILES string of the molecule is CC(C)/C(=C/c1cnn(-c2ccccc2)c1)[N+](=O)[O-]. The Hall–Kier alpha value is -2.43. The van der Waals surface area contributed by atoms with E-state index in [0.29, 0.717) is 0 Å². The zero-order chi connectivity index (χ0) is 13.8. The van der Waals surface area contributed by atoms with Crippen LogP contribution in [0.25, 0.3) is 11.8 Å². The lowest BCUT2D eigenvalue weighted by Gasteiger charge is -2.00. The van der Waals surface area contributed by atoms with Gasteiger partial charge < -0.3 is 0 Å². The summed E-state index contributed by atoms with van der Waals surface area (Å²) in [5.74, 6) is -0.130. The summed E-state index contributed by atoms with van der Waals surface area (Å²) in [4.78, 5) is 10.6. The van der Waals surface area contributed by atoms with Crippen LogP contribution in [0.5, 0.6) is 0 Å². The maximum Gasteiger partial charge on any atom is 0.249 e. The van der Waals surface area contributed by atoms with Gasteiger partial charge in [-0.2, -0.15) is 5.10 Å². The van der Waals surface area contributed by atoms with Crippen LogP contribution in [0, 0.1) is 16.0 Å². The molecule has 0 aliphatic heterocycles. The molecule has 0 atom stereocenters. The smallest absolute Gasteiger partial charge is 0.249 e. The molecular formula is C14H15N3O2. The van der Waals surface area contributed by atoms with Gasteiger partial charge in [-0.3, -0.25) is 10.1 Å². The molecule has 19 heavy (non-hydrogen) atoms. The summed E-state index contributed by atoms with van der Waals surface area (Å²) in [6, 6.07) is 9.62. The van der Waals surface area contributed by atoms with E-state index in [1.165, 1.54) is 0 Å². The molecule has 0 unspecified atom stereocenters. The van der Waals surface area contributed by atoms with Crippen molar-refractivity contribution in [1.82, 2.24) is 9.78 Å². The van der Waals surface area contributed by atoms with Crippen molar-refractivity contribution in [1.29, 1.82) is 0 Å². The van der Waals surface area contributed by atoms with Gasteiger partial charge in [0.1, 0.15) is 0 Å². The molecule has 98 valence electrons. The number of nitro groups is 1. The van der Waals surface area contributed by atoms with Crippen LogP contribution in [0.15, 0.2) is 48.4 Å². The molecule has 5 nitrogen and oxygen atoms in total. The number of para-hydroxylation sites is 1. The summed E-state index contributed by atoms with van der Waals surface area (Å²) in [6.45, 7) is 3.60. The first kappa shape index (κ1) is 13.0. The average molecular weight is 257 g/mol. The molecule has 0 amide bonds. The highest BCUT2D eigenvalue weighted by atomic mass is 16.6. The second-order valence-corrected chi connectivity index (χ2v) is 4.53. The molecule has 0 radical (unpaired) electrons. The number of hydrogen-bond donors (Lipinski definition) is 0. The third-order valence-electron chi connectivity index (χ3n) is 2.74. The van der Waals surface area contributed by atoms with Crippen LogP contribution >= 0.6 is 0 Å². The zero-order valence-electron chi connectivity index (χ0n) is 10.9. The van der Waals surface area contributed by atoms with Crippen molar-refractivity contribution in [3.05, 3.63) is 64.1 Å². The fourth-order valence-electron chi connectivity index (χ4n) is 1.73. The third kappa shape index (κ3) is 3.07. The Morgan fingerprint density at radius 2 is 2.05 bits per heavy atom. The predicted molar refractivity (Wildman–Crippen MR) is 73.4 cm³/mol. The molecule has 0 aliphatic carbocycles. The van der Waals surface area contributed by atoms with Crippen molar-refractivity contribution in [2.24, 2.45) is 5.92 Å². The number of hydrogen-bond acceptors (Lipinski definition) is 3. The summed E-state index contributed by atoms with van der Waals surface area (Å²) >= 11 is 0. The Labute approximate surface area is 111 Å². The number of nitrogens with zero attached hydrogens (tertiary/aromatic N) is 3. The fraction of sp³-hybridized carbons (Fsp3) is 0.214. The van der Waals surface area contributed by atoms with Gasteiger partial charge in [0.15, 0.2) is 0 Å². The predicted octanol–water partition coefficient (Wildman–Crippen LogP) is 3.15. The van der Waals surface area contributed by atoms with Crippen molar-refractivity contribution in [3.8, 4) is 5.69 Å². The first-order valence-corrected chi connectivity index (χ1v) is 6.04. The summed E-state index contributed by atoms with van der Waals surface area (Å²) in [5, 5.41) is 15.1. The monoisotopic (exact) mass is 257 g/mol. The highest BCUT2D eigenvalue weighted by Crippen LogP contribution is 2.16. The molecule has 1 heterocycles. The summed E-state index contributed by atoms with van der Waals surface area (Å²) in [5.41, 5.74) is 1.84. The maximum absolute atomic E-state index is 10.9. The summed E-state index contributed by atoms with van der Waals surface area (Å²) in [6.07, 6.45) is 4.97. The number of allylic oxidation sites excluding steroid dienone is 1. The van der Waals surface area contributed by atoms with Crippen LogP contribution in [0.1, 0.15) is 19.4 Å². The van der Waals surface area contributed by atoms with Gasteiger partial charge in [0.25, 0.3) is 0 Å². The average Bonchev–Trinajstić information content (AvgIpc) is 2.85. The Morgan fingerprint density at radius 1 is 1.37 bits per heavy atom. The van der Waals surface area contributed by atoms with Crippen LogP contribution in [0.3, 0.4) is 0 Å². The molecule has 5 heteroatoms. The lowest BCUT2D eigenvalue weighted by molar-refractivity contribution is -0.431. The van der Waals surface area contributed by atoms with Crippen molar-refractivity contribution in [2.45, 2.75) is 13.8 Å². The van der Waals surface area contributed by atoms with Crippen molar-refractivity contribution >= 4 is 6.08 Å². The molecule has 1 aromatic heterocycles. The van der Waals surface area contributed by atoms with Crippen LogP contribution in [-0.2, 0) is 0 Å². The standard InChI is InChI=1S/C14H15N3O2/c1-11(2)14(17(18)19)8-12-9-15-16(10-12)13-6-4-3-5-7-13/h3-11H,1-2H3/b14-8-. The first-order chi connectivity index (χ1) is 9.08. The minimum absolute atomic E-state index is 0.130. The van der Waals surface area contributed by atoms with Crippen LogP contribution in [-0.4, -0.2) is 14.7 Å². The van der Waals surface area contributed by atoms with E-state index in [1.54, 1.807) is 37.0 Å². The van der Waals surface area contributed by atoms with Crippen LogP contribution in [0.2, 0.25) is 0 Å². The summed E-state index contributed by atoms with van der Waals surface area (Å²) in [7, 11) is 0. The molecule has 0 fully saturated rings. The van der Waals surface area contributed by atoms with E-state index in [4.69, 9.17) is 0 Å². The zero-order valence-corrected chi connectivity index (χ0v) is 10.9. The lowest BCUT2D eigenvalue weighted by Crippen LogP contribution is -2.05. The molecule has 0 bridgehead atoms. The molecular weight excluding hydrogens is 242 g/mol. The minimum Gasteiger partial charge on any atom is -0.259 e. The highest BCUT2D eigenvalue weighted by Gasteiger charge is 2.16. The van der Waals surface area contributed by atoms with E-state index < -0.39 is 0 Å². The second kappa shape index (κ2) is 5.48. The quantitative estimate of drug-likeness (QED) is 0.624. The van der Waals surface area contributed by atoms with E-state index in [1.807, 2.05) is 30.3 Å². The molecule has 1 aromatic carbocycles. The van der Waals surface area contributed by atoms with E-state index in [2.05, 4.69) is 5.10 Å². The van der Waals surface area contributed by atoms with Crippen LogP contribution in [0.4, 0.5) is 0 Å². The van der Waals surface area contributed by atoms with Crippen LogP contribution < -0.4 is 0 Å². The van der Waals surface area contributed by atoms with E-state index in [0.717, 1.165) is 11.3 Å². The van der Waals surface area contributed by atoms with Gasteiger partial charge >= 0.3 is 0 Å². The van der Waals surface area contributed by atoms with E-state index in [9.17, 15) is 10.1 Å². The second-order valence-electron chi connectivity index (χ2n) is 4.53. The van der Waals surface area contributed by atoms with Gasteiger partial charge in [0.05, 0.1) is 16.8 Å². The van der Waals surface area contributed by atoms with Crippen molar-refractivity contribution in [3.63, 3.8) is 0 Å². The highest BCUT2D eigenvalue weighted by molar-refractivity contribution is 5.50. The van der Waals surface area contributed by atoms with Gasteiger partial charge in [-0.05, 0) is 12.1 Å². The van der Waals surface area contributed by atoms with Crippen molar-refractivity contribution < 1.29 is 4.92 Å². The number of aromatic nitrogens is 2. The summed E-state index contributed by atoms with van der Waals surface area (Å²) < 4.78 is 1.70. The topological polar surface area (TPSA) is 61.0 Å². The first-order valence-electron chi connectivity index (χ1n) is 6.04. The molecule has 2 rings (SSSR count). The molecule has 0 N–H and O–H groups in total. The molecule has 2 aromatic rings. The Balaban J connectivity index is 2.32. The fourth-order valence-corrected chi connectivity index (χ4v) is 1.73. The van der Waals surface area contributed by atoms with E-state index >= 15 is 0 Å². The normalized spacial score (nSPS) is 11.8. The molecule has 0 saturated carbocycles. The Kier molecular flexibility index (Phi) is 3.75. The van der Waals surface area contributed by atoms with Gasteiger partial charge in [0.2, 0.25) is 5.70 Å². The minimum atomic E-state index is -0.343. The van der Waals surface area contributed by atoms with Gasteiger partial charge in [-0.25, -0.2) is 4.68 Å². The Morgan fingerprint density at radius 3 is 2.63 bits per heavy atom. The van der Waals surface area contributed by atoms with E-state index in [-0.39, 0.29) is 16.5 Å². The lowest BCUT2D eigenvalue weighted by atomic mass is 10.1. The number of rotatable bonds is 4. The number of benzene rings is 1. The largest absolute Gasteiger partial charge is 0.259 e. The van der Waals surface area contributed by atoms with Gasteiger partial charge in [-0.1, -0.05) is 32.0 Å². The molecule has 0 spiro atoms. The van der Waals surface area contributed by atoms with Crippen molar-refractivity contribution in [2.75, 3.05) is 0 Å². The Bertz CT molecular complexity index is 600. The maximum atomic E-state index is 10.9. The third-order valence-corrected chi connectivity index (χ3v) is 2.74.